The van der Waals surface area contributed by atoms with Crippen LogP contribution in [-0.4, -0.2) is 41.0 Å². The molecule has 1 fully saturated rings. The highest BCUT2D eigenvalue weighted by molar-refractivity contribution is 7.09. The Kier molecular flexibility index (Phi) is 5.26. The fourth-order valence-corrected chi connectivity index (χ4v) is 3.91. The molecule has 1 aromatic carbocycles. The maximum Gasteiger partial charge on any atom is 0.228 e. The molecule has 1 saturated heterocycles. The summed E-state index contributed by atoms with van der Waals surface area (Å²) < 4.78 is 12.9. The van der Waals surface area contributed by atoms with Crippen molar-refractivity contribution in [3.63, 3.8) is 0 Å². The number of amides is 1. The first-order chi connectivity index (χ1) is 11.5. The second kappa shape index (κ2) is 7.40. The summed E-state index contributed by atoms with van der Waals surface area (Å²) in [6, 6.07) is 7.10. The van der Waals surface area contributed by atoms with Crippen LogP contribution in [0.15, 0.2) is 29.6 Å². The molecule has 3 rings (SSSR count). The zero-order chi connectivity index (χ0) is 17.1. The number of halogens is 1. The zero-order valence-corrected chi connectivity index (χ0v) is 14.8. The molecule has 0 unspecified atom stereocenters. The van der Waals surface area contributed by atoms with Gasteiger partial charge in [0.05, 0.1) is 17.1 Å². The minimum absolute atomic E-state index is 0.133. The zero-order valence-electron chi connectivity index (χ0n) is 14.0. The Bertz CT molecular complexity index is 691. The lowest BCUT2D eigenvalue weighted by molar-refractivity contribution is -0.132. The van der Waals surface area contributed by atoms with Crippen LogP contribution in [-0.2, 0) is 17.6 Å². The molecule has 1 amide bonds. The first kappa shape index (κ1) is 17.0. The Morgan fingerprint density at radius 1 is 1.29 bits per heavy atom. The van der Waals surface area contributed by atoms with E-state index in [0.717, 1.165) is 29.4 Å². The molecule has 4 nitrogen and oxygen atoms in total. The molecule has 1 N–H and O–H groups in total. The minimum atomic E-state index is -0.233. The van der Waals surface area contributed by atoms with Gasteiger partial charge in [-0.3, -0.25) is 4.79 Å². The maximum atomic E-state index is 12.9. The molecule has 128 valence electrons. The van der Waals surface area contributed by atoms with Gasteiger partial charge in [-0.1, -0.05) is 12.1 Å². The Labute approximate surface area is 145 Å². The molecule has 2 heterocycles. The summed E-state index contributed by atoms with van der Waals surface area (Å²) in [4.78, 5) is 19.0. The molecule has 2 aromatic rings. The van der Waals surface area contributed by atoms with E-state index in [1.165, 1.54) is 12.1 Å². The van der Waals surface area contributed by atoms with Crippen LogP contribution in [0, 0.1) is 5.82 Å². The van der Waals surface area contributed by atoms with Crippen molar-refractivity contribution in [3.05, 3.63) is 51.7 Å². The number of hydrogen-bond donors (Lipinski definition) is 1. The van der Waals surface area contributed by atoms with Crippen LogP contribution in [0.3, 0.4) is 0 Å². The lowest BCUT2D eigenvalue weighted by Gasteiger charge is -2.36. The van der Waals surface area contributed by atoms with Crippen molar-refractivity contribution < 1.29 is 9.18 Å². The van der Waals surface area contributed by atoms with Crippen LogP contribution in [0.5, 0.6) is 0 Å². The second-order valence-corrected chi connectivity index (χ2v) is 7.42. The summed E-state index contributed by atoms with van der Waals surface area (Å²) in [6.45, 7) is 5.69. The fourth-order valence-electron chi connectivity index (χ4n) is 3.09. The van der Waals surface area contributed by atoms with E-state index >= 15 is 0 Å². The number of hydrogen-bond acceptors (Lipinski definition) is 4. The van der Waals surface area contributed by atoms with E-state index in [1.807, 2.05) is 10.3 Å². The van der Waals surface area contributed by atoms with Crippen LogP contribution >= 0.6 is 11.3 Å². The molecule has 0 bridgehead atoms. The van der Waals surface area contributed by atoms with E-state index in [4.69, 9.17) is 0 Å². The van der Waals surface area contributed by atoms with Crippen molar-refractivity contribution in [2.24, 2.45) is 0 Å². The van der Waals surface area contributed by atoms with Crippen LogP contribution in [0.1, 0.15) is 30.1 Å². The lowest BCUT2D eigenvalue weighted by Crippen LogP contribution is -2.56. The average Bonchev–Trinajstić information content (AvgIpc) is 2.95. The Morgan fingerprint density at radius 2 is 1.96 bits per heavy atom. The highest BCUT2D eigenvalue weighted by atomic mass is 32.1. The van der Waals surface area contributed by atoms with Crippen molar-refractivity contribution >= 4 is 17.2 Å². The topological polar surface area (TPSA) is 45.2 Å². The van der Waals surface area contributed by atoms with Gasteiger partial charge in [0.1, 0.15) is 5.82 Å². The third-order valence-corrected chi connectivity index (χ3v) is 5.01. The number of aromatic nitrogens is 1. The summed E-state index contributed by atoms with van der Waals surface area (Å²) in [7, 11) is 0. The molecule has 0 radical (unpaired) electrons. The van der Waals surface area contributed by atoms with E-state index in [-0.39, 0.29) is 11.7 Å². The van der Waals surface area contributed by atoms with Crippen molar-refractivity contribution in [1.82, 2.24) is 15.2 Å². The van der Waals surface area contributed by atoms with Gasteiger partial charge in [-0.2, -0.15) is 0 Å². The Hall–Kier alpha value is -1.79. The van der Waals surface area contributed by atoms with Crippen molar-refractivity contribution in [2.45, 2.75) is 38.8 Å². The normalized spacial score (nSPS) is 21.0. The molecule has 0 saturated carbocycles. The van der Waals surface area contributed by atoms with Gasteiger partial charge in [0.15, 0.2) is 0 Å². The average molecular weight is 347 g/mol. The summed E-state index contributed by atoms with van der Waals surface area (Å²) in [5.74, 6) is -0.0996. The number of carbonyl (C=O) groups is 1. The van der Waals surface area contributed by atoms with Crippen LogP contribution in [0.4, 0.5) is 4.39 Å². The molecule has 0 spiro atoms. The number of benzene rings is 1. The number of carbonyl (C=O) groups excluding carboxylic acids is 1. The van der Waals surface area contributed by atoms with Gasteiger partial charge >= 0.3 is 0 Å². The van der Waals surface area contributed by atoms with Gasteiger partial charge in [0, 0.05) is 37.0 Å². The van der Waals surface area contributed by atoms with Crippen LogP contribution in [0.25, 0.3) is 0 Å². The highest BCUT2D eigenvalue weighted by Gasteiger charge is 2.25. The Morgan fingerprint density at radius 3 is 2.62 bits per heavy atom. The number of piperazine rings is 1. The minimum Gasteiger partial charge on any atom is -0.339 e. The molecule has 6 heteroatoms. The number of nitrogens with zero attached hydrogens (tertiary/aromatic N) is 2. The van der Waals surface area contributed by atoms with Crippen molar-refractivity contribution in [3.8, 4) is 0 Å². The van der Waals surface area contributed by atoms with E-state index in [0.29, 0.717) is 24.9 Å². The van der Waals surface area contributed by atoms with Gasteiger partial charge in [-0.25, -0.2) is 9.37 Å². The standard InChI is InChI=1S/C18H22FN3OS/c1-12-9-22(10-13(2)20-12)18(23)8-16-11-24-17(21-16)7-14-3-5-15(19)6-4-14/h3-6,11-13,20H,7-10H2,1-2H3/t12-,13-/m0/s1. The predicted octanol–water partition coefficient (Wildman–Crippen LogP) is 2.62. The quantitative estimate of drug-likeness (QED) is 0.925. The Balaban J connectivity index is 1.59. The highest BCUT2D eigenvalue weighted by Crippen LogP contribution is 2.17. The molecule has 2 atom stereocenters. The van der Waals surface area contributed by atoms with Gasteiger partial charge in [-0.05, 0) is 31.5 Å². The molecular formula is C18H22FN3OS. The van der Waals surface area contributed by atoms with E-state index in [2.05, 4.69) is 24.1 Å². The molecule has 1 aromatic heterocycles. The maximum absolute atomic E-state index is 12.9. The number of thiazole rings is 1. The van der Waals surface area contributed by atoms with Gasteiger partial charge in [0.2, 0.25) is 5.91 Å². The number of rotatable bonds is 4. The fraction of sp³-hybridized carbons (Fsp3) is 0.444. The predicted molar refractivity (Wildman–Crippen MR) is 93.7 cm³/mol. The number of nitrogens with one attached hydrogen (secondary N) is 1. The van der Waals surface area contributed by atoms with Gasteiger partial charge in [0.25, 0.3) is 0 Å². The van der Waals surface area contributed by atoms with Crippen molar-refractivity contribution in [1.29, 1.82) is 0 Å². The summed E-state index contributed by atoms with van der Waals surface area (Å²) in [6.07, 6.45) is 1.01. The molecule has 1 aliphatic heterocycles. The SMILES string of the molecule is C[C@H]1CN(C(=O)Cc2csc(Cc3ccc(F)cc3)n2)C[C@H](C)N1. The summed E-state index contributed by atoms with van der Waals surface area (Å²) >= 11 is 1.55. The second-order valence-electron chi connectivity index (χ2n) is 6.48. The van der Waals surface area contributed by atoms with Gasteiger partial charge < -0.3 is 10.2 Å². The van der Waals surface area contributed by atoms with Crippen LogP contribution < -0.4 is 5.32 Å². The molecule has 24 heavy (non-hydrogen) atoms. The first-order valence-corrected chi connectivity index (χ1v) is 9.09. The smallest absolute Gasteiger partial charge is 0.228 e. The first-order valence-electron chi connectivity index (χ1n) is 8.21. The molecule has 0 aliphatic carbocycles. The summed E-state index contributed by atoms with van der Waals surface area (Å²) in [5.41, 5.74) is 1.84. The molecule has 1 aliphatic rings. The summed E-state index contributed by atoms with van der Waals surface area (Å²) in [5, 5.41) is 6.33. The lowest BCUT2D eigenvalue weighted by atomic mass is 10.1. The van der Waals surface area contributed by atoms with Crippen LogP contribution in [0.2, 0.25) is 0 Å². The third kappa shape index (κ3) is 4.39. The van der Waals surface area contributed by atoms with E-state index in [9.17, 15) is 9.18 Å². The monoisotopic (exact) mass is 347 g/mol. The third-order valence-electron chi connectivity index (χ3n) is 4.11. The molecular weight excluding hydrogens is 325 g/mol. The van der Waals surface area contributed by atoms with Crippen molar-refractivity contribution in [2.75, 3.05) is 13.1 Å². The van der Waals surface area contributed by atoms with Gasteiger partial charge in [-0.15, -0.1) is 11.3 Å². The van der Waals surface area contributed by atoms with E-state index < -0.39 is 0 Å². The van der Waals surface area contributed by atoms with E-state index in [1.54, 1.807) is 23.5 Å². The largest absolute Gasteiger partial charge is 0.339 e.